The number of rotatable bonds is 19. The summed E-state index contributed by atoms with van der Waals surface area (Å²) in [6.07, 6.45) is 10.5. The molecule has 0 aliphatic rings. The Morgan fingerprint density at radius 3 is 0.961 bits per heavy atom. The number of benzene rings is 9. The minimum atomic E-state index is -0.118. The van der Waals surface area contributed by atoms with Crippen molar-refractivity contribution in [2.75, 3.05) is 44.2 Å². The molecule has 20 heteroatoms. The lowest BCUT2D eigenvalue weighted by Crippen LogP contribution is -2.16. The fourth-order valence-electron chi connectivity index (χ4n) is 10.6. The van der Waals surface area contributed by atoms with Gasteiger partial charge in [0.05, 0.1) is 83.2 Å². The van der Waals surface area contributed by atoms with Crippen LogP contribution in [0.3, 0.4) is 0 Å². The SMILES string of the molecule is Cc1nc(-c2ccc(N)cc2)cnc1NC(=O)CCCc1ccccc1.Cc1nc(-c2ccc(N)cc2)cnc1NC(=O)CCc1ccccc1.Cc1nc(-c2ccc(N)cc2)cnc1NC(=O)Cc1ccc2ccccc2c1.Cc1nc(-c2ccc(N)cc2)cnc1NC(=O)Cc1ccccc1. The van der Waals surface area contributed by atoms with E-state index in [2.05, 4.69) is 79.3 Å². The number of hydrogen-bond acceptors (Lipinski definition) is 16. The number of carbonyl (C=O) groups is 4. The summed E-state index contributed by atoms with van der Waals surface area (Å²) < 4.78 is 0. The van der Waals surface area contributed by atoms with Crippen LogP contribution in [0.2, 0.25) is 0 Å². The molecule has 0 aliphatic carbocycles. The van der Waals surface area contributed by atoms with Gasteiger partial charge in [0.15, 0.2) is 23.3 Å². The molecule has 0 atom stereocenters. The average Bonchev–Trinajstić information content (AvgIpc) is 0.857. The summed E-state index contributed by atoms with van der Waals surface area (Å²) in [4.78, 5) is 84.4. The first-order valence-corrected chi connectivity index (χ1v) is 33.5. The Bertz CT molecular complexity index is 4990. The standard InChI is InChI=1S/C23H20N4O.C21H22N4O.C20H20N4O.C19H18N4O/c1-15-23(25-14-21(26-15)18-8-10-20(24)11-9-18)27-22(28)13-16-6-7-17-4-2-3-5-19(17)12-16;1-15-21(23-14-19(24-15)17-10-12-18(22)13-11-17)25-20(26)9-5-8-16-6-3-2-4-7-16;1-14-20(24-19(25)12-7-15-5-3-2-4-6-15)22-13-18(23-14)16-8-10-17(21)11-9-16;1-13-19(23-18(24)11-14-5-3-2-4-6-14)21-12-17(22-13)15-7-9-16(20)10-8-15/h2-12,14H,13,24H2,1H3,(H,25,27,28);2-4,6-7,10-14H,5,8-9,22H2,1H3,(H,23,25,26);2-6,8-11,13H,7,12,21H2,1H3,(H,22,24,25);2-10,12H,11,20H2,1H3,(H,21,23,24). The van der Waals surface area contributed by atoms with E-state index in [1.54, 1.807) is 24.8 Å². The predicted molar refractivity (Wildman–Crippen MR) is 413 cm³/mol. The largest absolute Gasteiger partial charge is 0.399 e. The Balaban J connectivity index is 0.000000148. The van der Waals surface area contributed by atoms with Gasteiger partial charge in [0.2, 0.25) is 23.6 Å². The van der Waals surface area contributed by atoms with Crippen LogP contribution in [0.25, 0.3) is 55.8 Å². The van der Waals surface area contributed by atoms with Gasteiger partial charge in [0, 0.05) is 57.8 Å². The summed E-state index contributed by atoms with van der Waals surface area (Å²) in [5.74, 6) is 1.62. The van der Waals surface area contributed by atoms with Gasteiger partial charge in [0.25, 0.3) is 0 Å². The van der Waals surface area contributed by atoms with Crippen molar-refractivity contribution >= 4 is 80.4 Å². The number of fused-ring (bicyclic) bond motifs is 1. The van der Waals surface area contributed by atoms with Crippen LogP contribution in [-0.4, -0.2) is 63.5 Å². The molecule has 9 aromatic carbocycles. The van der Waals surface area contributed by atoms with Crippen LogP contribution in [0.1, 0.15) is 64.3 Å². The Morgan fingerprint density at radius 1 is 0.301 bits per heavy atom. The molecule has 0 bridgehead atoms. The highest BCUT2D eigenvalue weighted by Crippen LogP contribution is 2.26. The van der Waals surface area contributed by atoms with Crippen LogP contribution < -0.4 is 44.2 Å². The molecule has 0 radical (unpaired) electrons. The summed E-state index contributed by atoms with van der Waals surface area (Å²) in [6.45, 7) is 7.33. The molecule has 13 rings (SSSR count). The number of nitrogens with one attached hydrogen (secondary N) is 4. The maximum Gasteiger partial charge on any atom is 0.229 e. The van der Waals surface area contributed by atoms with Crippen LogP contribution in [-0.2, 0) is 44.9 Å². The molecule has 4 amide bonds. The van der Waals surface area contributed by atoms with E-state index in [1.165, 1.54) is 5.56 Å². The molecular weight excluding hydrogens is 1290 g/mol. The van der Waals surface area contributed by atoms with E-state index in [9.17, 15) is 19.2 Å². The van der Waals surface area contributed by atoms with Crippen molar-refractivity contribution in [3.63, 3.8) is 0 Å². The van der Waals surface area contributed by atoms with Crippen LogP contribution >= 0.6 is 0 Å². The zero-order chi connectivity index (χ0) is 72.5. The number of nitrogen functional groups attached to an aromatic ring is 4. The van der Waals surface area contributed by atoms with Crippen LogP contribution in [0.15, 0.2) is 255 Å². The van der Waals surface area contributed by atoms with Gasteiger partial charge in [-0.2, -0.15) is 0 Å². The second kappa shape index (κ2) is 35.9. The van der Waals surface area contributed by atoms with E-state index in [1.807, 2.05) is 240 Å². The zero-order valence-electron chi connectivity index (χ0n) is 57.7. The molecule has 4 aromatic heterocycles. The maximum absolute atomic E-state index is 12.5. The zero-order valence-corrected chi connectivity index (χ0v) is 57.7. The lowest BCUT2D eigenvalue weighted by atomic mass is 10.0. The molecule has 13 aromatic rings. The first-order valence-electron chi connectivity index (χ1n) is 33.5. The van der Waals surface area contributed by atoms with Crippen molar-refractivity contribution in [2.24, 2.45) is 0 Å². The van der Waals surface area contributed by atoms with E-state index in [-0.39, 0.29) is 30.0 Å². The number of amides is 4. The predicted octanol–water partition coefficient (Wildman–Crippen LogP) is 15.2. The molecular formula is C83H80N16O4. The third kappa shape index (κ3) is 22.1. The van der Waals surface area contributed by atoms with Crippen molar-refractivity contribution in [1.82, 2.24) is 39.9 Å². The Kier molecular flexibility index (Phi) is 25.3. The summed E-state index contributed by atoms with van der Waals surface area (Å²) >= 11 is 0. The molecule has 516 valence electrons. The molecule has 12 N–H and O–H groups in total. The van der Waals surface area contributed by atoms with Gasteiger partial charge in [-0.1, -0.05) is 182 Å². The third-order valence-electron chi connectivity index (χ3n) is 16.2. The van der Waals surface area contributed by atoms with Crippen molar-refractivity contribution < 1.29 is 19.2 Å². The van der Waals surface area contributed by atoms with Crippen molar-refractivity contribution in [3.8, 4) is 45.0 Å². The normalized spacial score (nSPS) is 10.5. The van der Waals surface area contributed by atoms with Crippen molar-refractivity contribution in [1.29, 1.82) is 0 Å². The molecule has 103 heavy (non-hydrogen) atoms. The van der Waals surface area contributed by atoms with Gasteiger partial charge in [-0.15, -0.1) is 0 Å². The van der Waals surface area contributed by atoms with Gasteiger partial charge in [-0.05, 0) is 129 Å². The Hall–Kier alpha value is -13.4. The summed E-state index contributed by atoms with van der Waals surface area (Å²) in [5, 5.41) is 13.6. The van der Waals surface area contributed by atoms with Gasteiger partial charge in [-0.3, -0.25) is 19.2 Å². The molecule has 0 unspecified atom stereocenters. The van der Waals surface area contributed by atoms with Crippen molar-refractivity contribution in [2.45, 2.75) is 72.6 Å². The molecule has 0 spiro atoms. The van der Waals surface area contributed by atoms with Crippen LogP contribution in [0, 0.1) is 27.7 Å². The smallest absolute Gasteiger partial charge is 0.229 e. The lowest BCUT2D eigenvalue weighted by Gasteiger charge is -2.09. The second-order valence-electron chi connectivity index (χ2n) is 24.3. The minimum absolute atomic E-state index is 0.0430. The highest BCUT2D eigenvalue weighted by atomic mass is 16.2. The Morgan fingerprint density at radius 2 is 0.602 bits per heavy atom. The number of aromatic nitrogens is 8. The first kappa shape index (κ1) is 72.4. The molecule has 0 fully saturated rings. The van der Waals surface area contributed by atoms with Crippen LogP contribution in [0.5, 0.6) is 0 Å². The minimum Gasteiger partial charge on any atom is -0.399 e. The van der Waals surface area contributed by atoms with Gasteiger partial charge in [-0.25, -0.2) is 39.9 Å². The Labute approximate surface area is 598 Å². The molecule has 20 nitrogen and oxygen atoms in total. The third-order valence-corrected chi connectivity index (χ3v) is 16.2. The summed E-state index contributed by atoms with van der Waals surface area (Å²) in [6, 6.07) is 73.6. The highest BCUT2D eigenvalue weighted by Gasteiger charge is 2.15. The number of nitrogens with two attached hydrogens (primary N) is 4. The van der Waals surface area contributed by atoms with E-state index < -0.39 is 0 Å². The molecule has 0 saturated carbocycles. The number of hydrogen-bond donors (Lipinski definition) is 8. The molecule has 0 saturated heterocycles. The fourth-order valence-corrected chi connectivity index (χ4v) is 10.6. The number of anilines is 8. The second-order valence-corrected chi connectivity index (χ2v) is 24.3. The average molecular weight is 1370 g/mol. The molecule has 4 heterocycles. The van der Waals surface area contributed by atoms with Crippen LogP contribution in [0.4, 0.5) is 46.0 Å². The highest BCUT2D eigenvalue weighted by molar-refractivity contribution is 5.94. The first-order chi connectivity index (χ1) is 49.9. The maximum atomic E-state index is 12.5. The van der Waals surface area contributed by atoms with Gasteiger partial charge in [0.1, 0.15) is 0 Å². The van der Waals surface area contributed by atoms with E-state index in [4.69, 9.17) is 22.9 Å². The van der Waals surface area contributed by atoms with Crippen molar-refractivity contribution in [3.05, 3.63) is 300 Å². The fraction of sp³-hybridized carbons (Fsp3) is 0.133. The van der Waals surface area contributed by atoms with Gasteiger partial charge < -0.3 is 44.2 Å². The summed E-state index contributed by atoms with van der Waals surface area (Å²) in [7, 11) is 0. The van der Waals surface area contributed by atoms with E-state index in [0.29, 0.717) is 94.5 Å². The lowest BCUT2D eigenvalue weighted by molar-refractivity contribution is -0.117. The monoisotopic (exact) mass is 1360 g/mol. The molecule has 0 aliphatic heterocycles. The van der Waals surface area contributed by atoms with E-state index in [0.717, 1.165) is 85.3 Å². The topological polar surface area (TPSA) is 324 Å². The van der Waals surface area contributed by atoms with E-state index >= 15 is 0 Å². The quantitative estimate of drug-likeness (QED) is 0.0349. The number of nitrogens with zero attached hydrogens (tertiary/aromatic N) is 8. The number of carbonyl (C=O) groups excluding carboxylic acids is 4. The number of aryl methyl sites for hydroxylation is 6. The van der Waals surface area contributed by atoms with Gasteiger partial charge >= 0.3 is 0 Å². The summed E-state index contributed by atoms with van der Waals surface area (Å²) in [5.41, 5.74) is 39.4.